The number of hydrogen-bond donors (Lipinski definition) is 2. The Morgan fingerprint density at radius 3 is 2.56 bits per heavy atom. The van der Waals surface area contributed by atoms with E-state index in [0.29, 0.717) is 0 Å². The van der Waals surface area contributed by atoms with Gasteiger partial charge >= 0.3 is 5.51 Å². The average Bonchev–Trinajstić information content (AvgIpc) is 2.18. The third-order valence-corrected chi connectivity index (χ3v) is 2.57. The first-order chi connectivity index (χ1) is 7.33. The first-order valence-electron chi connectivity index (χ1n) is 4.30. The van der Waals surface area contributed by atoms with Crippen molar-refractivity contribution in [2.24, 2.45) is 5.73 Å². The van der Waals surface area contributed by atoms with Gasteiger partial charge in [-0.15, -0.1) is 6.58 Å². The molecule has 3 N–H and O–H groups in total. The van der Waals surface area contributed by atoms with E-state index in [2.05, 4.69) is 6.58 Å². The second-order valence-electron chi connectivity index (χ2n) is 3.03. The SMILES string of the molecule is C=C[C@H](N)c1cc(SC(F)(F)F)ccc1O. The summed E-state index contributed by atoms with van der Waals surface area (Å²) in [6.07, 6.45) is 1.34. The number of benzene rings is 1. The van der Waals surface area contributed by atoms with E-state index in [1.165, 1.54) is 24.3 Å². The summed E-state index contributed by atoms with van der Waals surface area (Å²) < 4.78 is 36.3. The van der Waals surface area contributed by atoms with Crippen LogP contribution in [0.1, 0.15) is 11.6 Å². The molecule has 0 radical (unpaired) electrons. The molecule has 0 aromatic heterocycles. The molecule has 0 saturated heterocycles. The fraction of sp³-hybridized carbons (Fsp3) is 0.200. The van der Waals surface area contributed by atoms with Crippen LogP contribution in [0.25, 0.3) is 0 Å². The van der Waals surface area contributed by atoms with Crippen molar-refractivity contribution in [1.29, 1.82) is 0 Å². The van der Waals surface area contributed by atoms with Crippen molar-refractivity contribution >= 4 is 11.8 Å². The number of rotatable bonds is 3. The number of hydrogen-bond acceptors (Lipinski definition) is 3. The Kier molecular flexibility index (Phi) is 3.88. The van der Waals surface area contributed by atoms with Gasteiger partial charge in [-0.1, -0.05) is 6.08 Å². The zero-order valence-corrected chi connectivity index (χ0v) is 8.98. The molecule has 0 bridgehead atoms. The lowest BCUT2D eigenvalue weighted by Gasteiger charge is -2.12. The maximum absolute atomic E-state index is 12.1. The molecule has 0 fully saturated rings. The summed E-state index contributed by atoms with van der Waals surface area (Å²) in [4.78, 5) is -0.0161. The van der Waals surface area contributed by atoms with Crippen molar-refractivity contribution < 1.29 is 18.3 Å². The number of aromatic hydroxyl groups is 1. The van der Waals surface area contributed by atoms with Gasteiger partial charge in [-0.05, 0) is 30.0 Å². The second-order valence-corrected chi connectivity index (χ2v) is 4.17. The molecule has 88 valence electrons. The van der Waals surface area contributed by atoms with Gasteiger partial charge in [0.1, 0.15) is 5.75 Å². The van der Waals surface area contributed by atoms with E-state index in [4.69, 9.17) is 5.73 Å². The van der Waals surface area contributed by atoms with Gasteiger partial charge < -0.3 is 10.8 Å². The Bertz CT molecular complexity index is 392. The maximum Gasteiger partial charge on any atom is 0.446 e. The molecule has 0 aliphatic rings. The Balaban J connectivity index is 3.03. The first kappa shape index (κ1) is 12.9. The van der Waals surface area contributed by atoms with E-state index in [-0.39, 0.29) is 28.0 Å². The van der Waals surface area contributed by atoms with Crippen molar-refractivity contribution in [3.63, 3.8) is 0 Å². The van der Waals surface area contributed by atoms with Crippen LogP contribution < -0.4 is 5.73 Å². The maximum atomic E-state index is 12.1. The summed E-state index contributed by atoms with van der Waals surface area (Å²) in [5, 5.41) is 9.42. The van der Waals surface area contributed by atoms with Crippen LogP contribution in [0.2, 0.25) is 0 Å². The molecule has 0 saturated carbocycles. The van der Waals surface area contributed by atoms with Crippen LogP contribution in [-0.4, -0.2) is 10.6 Å². The molecule has 1 atom stereocenters. The van der Waals surface area contributed by atoms with Gasteiger partial charge in [0, 0.05) is 10.5 Å². The van der Waals surface area contributed by atoms with Crippen molar-refractivity contribution in [1.82, 2.24) is 0 Å². The molecule has 0 amide bonds. The molecule has 2 nitrogen and oxygen atoms in total. The van der Waals surface area contributed by atoms with Crippen molar-refractivity contribution in [3.05, 3.63) is 36.4 Å². The minimum atomic E-state index is -4.35. The number of phenols is 1. The molecule has 0 aliphatic heterocycles. The molecule has 0 aliphatic carbocycles. The highest BCUT2D eigenvalue weighted by molar-refractivity contribution is 8.00. The number of thioether (sulfide) groups is 1. The van der Waals surface area contributed by atoms with Crippen LogP contribution >= 0.6 is 11.8 Å². The van der Waals surface area contributed by atoms with Crippen LogP contribution in [0.3, 0.4) is 0 Å². The molecule has 0 heterocycles. The second kappa shape index (κ2) is 4.80. The van der Waals surface area contributed by atoms with Crippen LogP contribution in [-0.2, 0) is 0 Å². The van der Waals surface area contributed by atoms with Crippen molar-refractivity contribution in [2.45, 2.75) is 16.4 Å². The third kappa shape index (κ3) is 3.46. The molecular formula is C10H10F3NOS. The van der Waals surface area contributed by atoms with Gasteiger partial charge in [0.15, 0.2) is 0 Å². The normalized spacial score (nSPS) is 13.5. The predicted octanol–water partition coefficient (Wildman–Crippen LogP) is 3.19. The summed E-state index contributed by atoms with van der Waals surface area (Å²) in [6.45, 7) is 3.42. The molecule has 6 heteroatoms. The Hall–Kier alpha value is -1.14. The highest BCUT2D eigenvalue weighted by Gasteiger charge is 2.29. The highest BCUT2D eigenvalue weighted by Crippen LogP contribution is 2.39. The van der Waals surface area contributed by atoms with Gasteiger partial charge in [0.25, 0.3) is 0 Å². The minimum absolute atomic E-state index is 0.0161. The van der Waals surface area contributed by atoms with Crippen LogP contribution in [0.4, 0.5) is 13.2 Å². The summed E-state index contributed by atoms with van der Waals surface area (Å²) in [5.74, 6) is -0.140. The molecule has 1 rings (SSSR count). The zero-order valence-electron chi connectivity index (χ0n) is 8.16. The van der Waals surface area contributed by atoms with Gasteiger partial charge in [-0.25, -0.2) is 0 Å². The number of phenolic OH excluding ortho intramolecular Hbond substituents is 1. The summed E-state index contributed by atoms with van der Waals surface area (Å²) in [5.41, 5.74) is 1.43. The quantitative estimate of drug-likeness (QED) is 0.638. The predicted molar refractivity (Wildman–Crippen MR) is 57.1 cm³/mol. The third-order valence-electron chi connectivity index (χ3n) is 1.85. The monoisotopic (exact) mass is 249 g/mol. The average molecular weight is 249 g/mol. The standard InChI is InChI=1S/C10H10F3NOS/c1-2-8(14)7-5-6(3-4-9(7)15)16-10(11,12)13/h2-5,8,15H,1,14H2/t8-/m0/s1. The first-order valence-corrected chi connectivity index (χ1v) is 5.12. The number of halogens is 3. The lowest BCUT2D eigenvalue weighted by molar-refractivity contribution is -0.0328. The highest BCUT2D eigenvalue weighted by atomic mass is 32.2. The lowest BCUT2D eigenvalue weighted by atomic mass is 10.1. The topological polar surface area (TPSA) is 46.2 Å². The summed E-state index contributed by atoms with van der Waals surface area (Å²) in [6, 6.07) is 2.90. The molecule has 0 spiro atoms. The smallest absolute Gasteiger partial charge is 0.446 e. The number of nitrogens with two attached hydrogens (primary N) is 1. The molecule has 16 heavy (non-hydrogen) atoms. The van der Waals surface area contributed by atoms with E-state index in [9.17, 15) is 18.3 Å². The van der Waals surface area contributed by atoms with Crippen LogP contribution in [0.5, 0.6) is 5.75 Å². The molecule has 1 aromatic rings. The Morgan fingerprint density at radius 1 is 1.44 bits per heavy atom. The summed E-state index contributed by atoms with van der Waals surface area (Å²) >= 11 is -0.249. The fourth-order valence-electron chi connectivity index (χ4n) is 1.12. The van der Waals surface area contributed by atoms with E-state index in [1.54, 1.807) is 0 Å². The lowest BCUT2D eigenvalue weighted by Crippen LogP contribution is -2.07. The van der Waals surface area contributed by atoms with E-state index < -0.39 is 11.6 Å². The van der Waals surface area contributed by atoms with Gasteiger partial charge in [0.05, 0.1) is 6.04 Å². The van der Waals surface area contributed by atoms with Crippen LogP contribution in [0.15, 0.2) is 35.7 Å². The largest absolute Gasteiger partial charge is 0.508 e. The van der Waals surface area contributed by atoms with E-state index in [0.717, 1.165) is 0 Å². The van der Waals surface area contributed by atoms with Gasteiger partial charge in [-0.3, -0.25) is 0 Å². The molecular weight excluding hydrogens is 239 g/mol. The number of alkyl halides is 3. The van der Waals surface area contributed by atoms with Gasteiger partial charge in [-0.2, -0.15) is 13.2 Å². The molecule has 0 unspecified atom stereocenters. The molecule has 1 aromatic carbocycles. The van der Waals surface area contributed by atoms with Gasteiger partial charge in [0.2, 0.25) is 0 Å². The van der Waals surface area contributed by atoms with Crippen molar-refractivity contribution in [3.8, 4) is 5.75 Å². The minimum Gasteiger partial charge on any atom is -0.508 e. The zero-order chi connectivity index (χ0) is 12.3. The summed E-state index contributed by atoms with van der Waals surface area (Å²) in [7, 11) is 0. The van der Waals surface area contributed by atoms with Crippen LogP contribution in [0, 0.1) is 0 Å². The van der Waals surface area contributed by atoms with E-state index >= 15 is 0 Å². The fourth-order valence-corrected chi connectivity index (χ4v) is 1.71. The van der Waals surface area contributed by atoms with E-state index in [1.807, 2.05) is 0 Å². The Morgan fingerprint density at radius 2 is 2.06 bits per heavy atom. The van der Waals surface area contributed by atoms with Crippen molar-refractivity contribution in [2.75, 3.05) is 0 Å². The Labute approximate surface area is 95.0 Å².